The zero-order chi connectivity index (χ0) is 11.6. The van der Waals surface area contributed by atoms with Crippen LogP contribution in [0.2, 0.25) is 0 Å². The van der Waals surface area contributed by atoms with Gasteiger partial charge < -0.3 is 5.11 Å². The molecule has 0 aliphatic heterocycles. The number of allylic oxidation sites excluding steroid dienone is 1. The van der Waals surface area contributed by atoms with Crippen molar-refractivity contribution in [3.63, 3.8) is 0 Å². The number of rotatable bonds is 4. The molecular weight excluding hydrogens is 308 g/mol. The van der Waals surface area contributed by atoms with E-state index >= 15 is 0 Å². The third-order valence-electron chi connectivity index (χ3n) is 2.21. The predicted octanol–water partition coefficient (Wildman–Crippen LogP) is 3.89. The molecule has 0 spiro atoms. The molecule has 0 saturated heterocycles. The van der Waals surface area contributed by atoms with Crippen LogP contribution in [0.25, 0.3) is 0 Å². The van der Waals surface area contributed by atoms with E-state index in [0.717, 1.165) is 0 Å². The molecule has 3 heteroatoms. The van der Waals surface area contributed by atoms with Gasteiger partial charge in [0, 0.05) is 14.6 Å². The van der Waals surface area contributed by atoms with Gasteiger partial charge in [0.1, 0.15) is 0 Å². The molecular formula is C11H20Br2O. The highest BCUT2D eigenvalue weighted by Gasteiger charge is 2.41. The molecule has 84 valence electrons. The second-order valence-electron chi connectivity index (χ2n) is 4.62. The van der Waals surface area contributed by atoms with Gasteiger partial charge >= 0.3 is 0 Å². The lowest BCUT2D eigenvalue weighted by molar-refractivity contribution is 0.116. The third kappa shape index (κ3) is 4.45. The fourth-order valence-corrected chi connectivity index (χ4v) is 3.93. The predicted molar refractivity (Wildman–Crippen MR) is 70.3 cm³/mol. The van der Waals surface area contributed by atoms with Crippen LogP contribution in [0, 0.1) is 5.92 Å². The maximum Gasteiger partial charge on any atom is 0.0775 e. The minimum Gasteiger partial charge on any atom is -0.389 e. The highest BCUT2D eigenvalue weighted by atomic mass is 79.9. The summed E-state index contributed by atoms with van der Waals surface area (Å²) >= 11 is 7.26. The minimum atomic E-state index is -0.441. The topological polar surface area (TPSA) is 20.2 Å². The van der Waals surface area contributed by atoms with Crippen molar-refractivity contribution in [2.75, 3.05) is 0 Å². The number of aliphatic hydroxyl groups is 1. The van der Waals surface area contributed by atoms with Gasteiger partial charge in [-0.3, -0.25) is 0 Å². The van der Waals surface area contributed by atoms with Crippen LogP contribution < -0.4 is 0 Å². The molecule has 0 aromatic carbocycles. The van der Waals surface area contributed by atoms with E-state index in [2.05, 4.69) is 59.6 Å². The second kappa shape index (κ2) is 5.13. The van der Waals surface area contributed by atoms with Gasteiger partial charge in [-0.2, -0.15) is 0 Å². The molecule has 0 radical (unpaired) electrons. The molecule has 0 saturated carbocycles. The van der Waals surface area contributed by atoms with Crippen LogP contribution in [0.4, 0.5) is 0 Å². The molecule has 14 heavy (non-hydrogen) atoms. The Kier molecular flexibility index (Phi) is 5.37. The maximum atomic E-state index is 10.0. The monoisotopic (exact) mass is 326 g/mol. The molecule has 0 aromatic heterocycles. The standard InChI is InChI=1S/C11H20Br2O/c1-6-7-8(14)9(10(2,3)12)11(4,5)13/h6-9,14H,1-5H3. The number of alkyl halides is 2. The van der Waals surface area contributed by atoms with Gasteiger partial charge in [-0.1, -0.05) is 44.0 Å². The van der Waals surface area contributed by atoms with Gasteiger partial charge in [0.2, 0.25) is 0 Å². The van der Waals surface area contributed by atoms with Crippen LogP contribution in [0.15, 0.2) is 12.2 Å². The van der Waals surface area contributed by atoms with Crippen molar-refractivity contribution in [3.05, 3.63) is 12.2 Å². The normalized spacial score (nSPS) is 16.6. The van der Waals surface area contributed by atoms with E-state index in [1.165, 1.54) is 0 Å². The zero-order valence-electron chi connectivity index (χ0n) is 9.51. The second-order valence-corrected chi connectivity index (χ2v) is 8.71. The van der Waals surface area contributed by atoms with Gasteiger partial charge in [0.05, 0.1) is 6.10 Å². The van der Waals surface area contributed by atoms with Crippen molar-refractivity contribution in [2.24, 2.45) is 5.92 Å². The number of aliphatic hydroxyl groups excluding tert-OH is 1. The van der Waals surface area contributed by atoms with Gasteiger partial charge in [-0.15, -0.1) is 0 Å². The molecule has 0 bridgehead atoms. The average molecular weight is 328 g/mol. The van der Waals surface area contributed by atoms with Crippen molar-refractivity contribution in [2.45, 2.75) is 49.4 Å². The lowest BCUT2D eigenvalue weighted by Gasteiger charge is -2.40. The molecule has 0 aliphatic rings. The third-order valence-corrected chi connectivity index (χ3v) is 3.20. The number of hydrogen-bond donors (Lipinski definition) is 1. The molecule has 0 aromatic rings. The number of halogens is 2. The fraction of sp³-hybridized carbons (Fsp3) is 0.818. The Morgan fingerprint density at radius 3 is 1.64 bits per heavy atom. The summed E-state index contributed by atoms with van der Waals surface area (Å²) in [7, 11) is 0. The zero-order valence-corrected chi connectivity index (χ0v) is 12.7. The SMILES string of the molecule is CC=CC(O)C(C(C)(C)Br)C(C)(C)Br. The summed E-state index contributed by atoms with van der Waals surface area (Å²) in [5.74, 6) is 0.103. The molecule has 0 heterocycles. The van der Waals surface area contributed by atoms with E-state index in [-0.39, 0.29) is 14.6 Å². The quantitative estimate of drug-likeness (QED) is 0.613. The molecule has 1 unspecified atom stereocenters. The van der Waals surface area contributed by atoms with Gasteiger partial charge in [0.15, 0.2) is 0 Å². The Morgan fingerprint density at radius 1 is 1.07 bits per heavy atom. The lowest BCUT2D eigenvalue weighted by Crippen LogP contribution is -2.45. The summed E-state index contributed by atoms with van der Waals surface area (Å²) in [6.07, 6.45) is 3.27. The minimum absolute atomic E-state index is 0.103. The van der Waals surface area contributed by atoms with Crippen LogP contribution in [-0.2, 0) is 0 Å². The van der Waals surface area contributed by atoms with Crippen LogP contribution >= 0.6 is 31.9 Å². The van der Waals surface area contributed by atoms with Crippen LogP contribution in [0.5, 0.6) is 0 Å². The van der Waals surface area contributed by atoms with Crippen molar-refractivity contribution in [3.8, 4) is 0 Å². The highest BCUT2D eigenvalue weighted by molar-refractivity contribution is 9.10. The molecule has 0 amide bonds. The van der Waals surface area contributed by atoms with Crippen LogP contribution in [0.1, 0.15) is 34.6 Å². The Morgan fingerprint density at radius 2 is 1.43 bits per heavy atom. The summed E-state index contributed by atoms with van der Waals surface area (Å²) in [5.41, 5.74) is 0. The average Bonchev–Trinajstić information content (AvgIpc) is 1.78. The lowest BCUT2D eigenvalue weighted by atomic mass is 9.80. The highest BCUT2D eigenvalue weighted by Crippen LogP contribution is 2.42. The van der Waals surface area contributed by atoms with Gasteiger partial charge in [-0.25, -0.2) is 0 Å². The maximum absolute atomic E-state index is 10.0. The van der Waals surface area contributed by atoms with Gasteiger partial charge in [0.25, 0.3) is 0 Å². The summed E-state index contributed by atoms with van der Waals surface area (Å²) < 4.78 is -0.224. The molecule has 1 nitrogen and oxygen atoms in total. The Balaban J connectivity index is 4.93. The summed E-state index contributed by atoms with van der Waals surface area (Å²) in [5, 5.41) is 10.0. The summed E-state index contributed by atoms with van der Waals surface area (Å²) in [6, 6.07) is 0. The summed E-state index contributed by atoms with van der Waals surface area (Å²) in [6.45, 7) is 10.2. The summed E-state index contributed by atoms with van der Waals surface area (Å²) in [4.78, 5) is 0. The van der Waals surface area contributed by atoms with Crippen LogP contribution in [0.3, 0.4) is 0 Å². The van der Waals surface area contributed by atoms with E-state index in [9.17, 15) is 5.11 Å². The smallest absolute Gasteiger partial charge is 0.0775 e. The Labute approximate surface area is 104 Å². The molecule has 1 N–H and O–H groups in total. The van der Waals surface area contributed by atoms with E-state index in [4.69, 9.17) is 0 Å². The van der Waals surface area contributed by atoms with Gasteiger partial charge in [-0.05, 0) is 34.6 Å². The Hall–Kier alpha value is 0.660. The van der Waals surface area contributed by atoms with E-state index in [0.29, 0.717) is 0 Å². The molecule has 0 fully saturated rings. The molecule has 0 aliphatic carbocycles. The molecule has 1 atom stereocenters. The van der Waals surface area contributed by atoms with E-state index in [1.807, 2.05) is 19.1 Å². The largest absolute Gasteiger partial charge is 0.389 e. The number of hydrogen-bond acceptors (Lipinski definition) is 1. The first kappa shape index (κ1) is 14.7. The van der Waals surface area contributed by atoms with Crippen molar-refractivity contribution >= 4 is 31.9 Å². The first-order valence-corrected chi connectivity index (χ1v) is 6.38. The van der Waals surface area contributed by atoms with Crippen LogP contribution in [-0.4, -0.2) is 19.9 Å². The van der Waals surface area contributed by atoms with Crippen molar-refractivity contribution in [1.29, 1.82) is 0 Å². The van der Waals surface area contributed by atoms with Crippen molar-refractivity contribution < 1.29 is 5.11 Å². The van der Waals surface area contributed by atoms with E-state index in [1.54, 1.807) is 0 Å². The first-order chi connectivity index (χ1) is 6.10. The van der Waals surface area contributed by atoms with Crippen molar-refractivity contribution in [1.82, 2.24) is 0 Å². The fourth-order valence-electron chi connectivity index (χ4n) is 1.94. The molecule has 0 rings (SSSR count). The Bertz CT molecular complexity index is 184. The van der Waals surface area contributed by atoms with E-state index < -0.39 is 6.10 Å². The first-order valence-electron chi connectivity index (χ1n) is 4.79.